The first-order valence-corrected chi connectivity index (χ1v) is 12.2. The lowest BCUT2D eigenvalue weighted by molar-refractivity contribution is -0.119. The fourth-order valence-electron chi connectivity index (χ4n) is 5.25. The molecule has 5 rings (SSSR count). The molecule has 1 aliphatic carbocycles. The summed E-state index contributed by atoms with van der Waals surface area (Å²) in [5.41, 5.74) is 2.38. The third-order valence-corrected chi connectivity index (χ3v) is 7.42. The lowest BCUT2D eigenvalue weighted by Crippen LogP contribution is -2.41. The standard InChI is InChI=1S/C22H28N6O2S/c1-14-16-9-10-19(29)28(12-15-6-3-2-4-7-15)21(16)24-20(23-14)18-8-5-11-27(18)22(30)17-13-31-26-25-17/h13,15,18H,2-12H2,1H3/t18-/m1/s1. The van der Waals surface area contributed by atoms with Crippen LogP contribution in [-0.4, -0.2) is 49.4 Å². The van der Waals surface area contributed by atoms with Crippen molar-refractivity contribution in [2.45, 2.75) is 70.8 Å². The molecule has 2 aromatic rings. The molecule has 2 aliphatic heterocycles. The second-order valence-electron chi connectivity index (χ2n) is 8.92. The molecule has 2 aromatic heterocycles. The average molecular weight is 441 g/mol. The van der Waals surface area contributed by atoms with Gasteiger partial charge in [-0.25, -0.2) is 9.97 Å². The number of fused-ring (bicyclic) bond motifs is 1. The van der Waals surface area contributed by atoms with Gasteiger partial charge in [0, 0.05) is 36.1 Å². The lowest BCUT2D eigenvalue weighted by Gasteiger charge is -2.34. The van der Waals surface area contributed by atoms with E-state index < -0.39 is 0 Å². The van der Waals surface area contributed by atoms with Crippen LogP contribution in [0.4, 0.5) is 5.82 Å². The largest absolute Gasteiger partial charge is 0.327 e. The first-order chi connectivity index (χ1) is 15.1. The van der Waals surface area contributed by atoms with Gasteiger partial charge in [0.15, 0.2) is 11.5 Å². The SMILES string of the molecule is Cc1nc([C@H]2CCCN2C(=O)c2csnn2)nc2c1CCC(=O)N2CC1CCCCC1. The third kappa shape index (κ3) is 3.95. The summed E-state index contributed by atoms with van der Waals surface area (Å²) >= 11 is 1.18. The Bertz CT molecular complexity index is 973. The molecule has 4 heterocycles. The molecule has 31 heavy (non-hydrogen) atoms. The van der Waals surface area contributed by atoms with Crippen molar-refractivity contribution in [2.24, 2.45) is 5.92 Å². The minimum atomic E-state index is -0.188. The molecule has 0 unspecified atom stereocenters. The van der Waals surface area contributed by atoms with Gasteiger partial charge in [-0.15, -0.1) is 5.10 Å². The maximum Gasteiger partial charge on any atom is 0.275 e. The second kappa shape index (κ2) is 8.61. The van der Waals surface area contributed by atoms with Gasteiger partial charge in [-0.05, 0) is 56.5 Å². The first-order valence-electron chi connectivity index (χ1n) is 11.4. The zero-order valence-electron chi connectivity index (χ0n) is 17.9. The molecular weight excluding hydrogens is 412 g/mol. The van der Waals surface area contributed by atoms with Gasteiger partial charge in [-0.1, -0.05) is 23.8 Å². The van der Waals surface area contributed by atoms with Crippen LogP contribution in [0, 0.1) is 12.8 Å². The van der Waals surface area contributed by atoms with Crippen molar-refractivity contribution in [3.05, 3.63) is 28.2 Å². The fraction of sp³-hybridized carbons (Fsp3) is 0.636. The van der Waals surface area contributed by atoms with Crippen LogP contribution in [0.5, 0.6) is 0 Å². The Hall–Kier alpha value is -2.42. The molecule has 0 radical (unpaired) electrons. The minimum Gasteiger partial charge on any atom is -0.327 e. The molecule has 9 heteroatoms. The number of amides is 2. The number of aryl methyl sites for hydroxylation is 1. The van der Waals surface area contributed by atoms with Crippen LogP contribution in [-0.2, 0) is 11.2 Å². The van der Waals surface area contributed by atoms with E-state index in [-0.39, 0.29) is 17.9 Å². The summed E-state index contributed by atoms with van der Waals surface area (Å²) in [6, 6.07) is -0.188. The Kier molecular flexibility index (Phi) is 5.69. The molecule has 2 amide bonds. The molecule has 0 spiro atoms. The van der Waals surface area contributed by atoms with Crippen molar-refractivity contribution in [1.29, 1.82) is 0 Å². The predicted molar refractivity (Wildman–Crippen MR) is 117 cm³/mol. The molecule has 1 saturated heterocycles. The maximum absolute atomic E-state index is 13.0. The van der Waals surface area contributed by atoms with E-state index in [1.165, 1.54) is 43.6 Å². The van der Waals surface area contributed by atoms with Crippen molar-refractivity contribution in [2.75, 3.05) is 18.0 Å². The number of likely N-dealkylation sites (tertiary alicyclic amines) is 1. The van der Waals surface area contributed by atoms with E-state index in [4.69, 9.17) is 9.97 Å². The van der Waals surface area contributed by atoms with Crippen LogP contribution in [0.1, 0.15) is 85.0 Å². The van der Waals surface area contributed by atoms with Crippen molar-refractivity contribution in [1.82, 2.24) is 24.5 Å². The third-order valence-electron chi connectivity index (χ3n) is 6.91. The van der Waals surface area contributed by atoms with Crippen molar-refractivity contribution in [3.63, 3.8) is 0 Å². The zero-order valence-corrected chi connectivity index (χ0v) is 18.7. The highest BCUT2D eigenvalue weighted by Gasteiger charge is 2.36. The Morgan fingerprint density at radius 3 is 2.74 bits per heavy atom. The Morgan fingerprint density at radius 2 is 1.97 bits per heavy atom. The van der Waals surface area contributed by atoms with Crippen molar-refractivity contribution < 1.29 is 9.59 Å². The lowest BCUT2D eigenvalue weighted by atomic mass is 9.88. The Morgan fingerprint density at radius 1 is 1.13 bits per heavy atom. The van der Waals surface area contributed by atoms with E-state index in [0.717, 1.165) is 36.5 Å². The number of anilines is 1. The first kappa shape index (κ1) is 20.5. The number of rotatable bonds is 4. The normalized spacial score (nSPS) is 22.1. The number of carbonyl (C=O) groups is 2. The number of hydrogen-bond donors (Lipinski definition) is 0. The second-order valence-corrected chi connectivity index (χ2v) is 9.53. The molecule has 1 atom stereocenters. The molecule has 0 aromatic carbocycles. The Labute approximate surface area is 186 Å². The summed E-state index contributed by atoms with van der Waals surface area (Å²) in [7, 11) is 0. The van der Waals surface area contributed by atoms with Gasteiger partial charge in [-0.3, -0.25) is 14.5 Å². The van der Waals surface area contributed by atoms with Gasteiger partial charge in [-0.2, -0.15) is 0 Å². The molecule has 3 aliphatic rings. The number of carbonyl (C=O) groups excluding carboxylic acids is 2. The van der Waals surface area contributed by atoms with E-state index in [1.54, 1.807) is 5.38 Å². The molecular formula is C22H28N6O2S. The summed E-state index contributed by atoms with van der Waals surface area (Å²) in [6.45, 7) is 3.41. The molecule has 0 N–H and O–H groups in total. The highest BCUT2D eigenvalue weighted by molar-refractivity contribution is 7.03. The summed E-state index contributed by atoms with van der Waals surface area (Å²) < 4.78 is 3.83. The average Bonchev–Trinajstić information content (AvgIpc) is 3.48. The molecule has 164 valence electrons. The minimum absolute atomic E-state index is 0.120. The van der Waals surface area contributed by atoms with E-state index >= 15 is 0 Å². The van der Waals surface area contributed by atoms with Gasteiger partial charge in [0.1, 0.15) is 5.82 Å². The smallest absolute Gasteiger partial charge is 0.275 e. The van der Waals surface area contributed by atoms with Gasteiger partial charge in [0.2, 0.25) is 5.91 Å². The van der Waals surface area contributed by atoms with Crippen LogP contribution in [0.2, 0.25) is 0 Å². The number of hydrogen-bond acceptors (Lipinski definition) is 7. The van der Waals surface area contributed by atoms with E-state index in [0.29, 0.717) is 36.8 Å². The fourth-order valence-corrected chi connectivity index (χ4v) is 5.68. The van der Waals surface area contributed by atoms with E-state index in [1.807, 2.05) is 16.7 Å². The van der Waals surface area contributed by atoms with Crippen LogP contribution in [0.15, 0.2) is 5.38 Å². The molecule has 8 nitrogen and oxygen atoms in total. The van der Waals surface area contributed by atoms with Crippen LogP contribution < -0.4 is 4.90 Å². The van der Waals surface area contributed by atoms with E-state index in [9.17, 15) is 9.59 Å². The van der Waals surface area contributed by atoms with Crippen LogP contribution in [0.25, 0.3) is 0 Å². The van der Waals surface area contributed by atoms with Crippen molar-refractivity contribution >= 4 is 29.2 Å². The summed E-state index contributed by atoms with van der Waals surface area (Å²) in [5.74, 6) is 2.01. The molecule has 1 saturated carbocycles. The predicted octanol–water partition coefficient (Wildman–Crippen LogP) is 3.47. The summed E-state index contributed by atoms with van der Waals surface area (Å²) in [6.07, 6.45) is 9.10. The van der Waals surface area contributed by atoms with Crippen molar-refractivity contribution in [3.8, 4) is 0 Å². The van der Waals surface area contributed by atoms with Crippen LogP contribution in [0.3, 0.4) is 0 Å². The number of nitrogens with zero attached hydrogens (tertiary/aromatic N) is 6. The summed E-state index contributed by atoms with van der Waals surface area (Å²) in [5, 5.41) is 5.63. The van der Waals surface area contributed by atoms with Gasteiger partial charge in [0.25, 0.3) is 5.91 Å². The molecule has 0 bridgehead atoms. The summed E-state index contributed by atoms with van der Waals surface area (Å²) in [4.78, 5) is 39.3. The van der Waals surface area contributed by atoms with Gasteiger partial charge < -0.3 is 4.90 Å². The monoisotopic (exact) mass is 440 g/mol. The van der Waals surface area contributed by atoms with E-state index in [2.05, 4.69) is 9.59 Å². The highest BCUT2D eigenvalue weighted by atomic mass is 32.1. The van der Waals surface area contributed by atoms with Crippen LogP contribution >= 0.6 is 11.5 Å². The molecule has 2 fully saturated rings. The quantitative estimate of drug-likeness (QED) is 0.723. The topological polar surface area (TPSA) is 92.2 Å². The zero-order chi connectivity index (χ0) is 21.4. The maximum atomic E-state index is 13.0. The van der Waals surface area contributed by atoms with Gasteiger partial charge in [0.05, 0.1) is 6.04 Å². The number of aromatic nitrogens is 4. The Balaban J connectivity index is 1.46. The van der Waals surface area contributed by atoms with Gasteiger partial charge >= 0.3 is 0 Å². The highest BCUT2D eigenvalue weighted by Crippen LogP contribution is 2.36.